The van der Waals surface area contributed by atoms with Crippen molar-refractivity contribution < 1.29 is 4.74 Å². The van der Waals surface area contributed by atoms with E-state index in [1.54, 1.807) is 7.11 Å². The van der Waals surface area contributed by atoms with Gasteiger partial charge in [0.15, 0.2) is 0 Å². The van der Waals surface area contributed by atoms with E-state index in [0.29, 0.717) is 17.8 Å². The average molecular weight is 247 g/mol. The number of hydrogen-bond donors (Lipinski definition) is 1. The van der Waals surface area contributed by atoms with E-state index in [9.17, 15) is 0 Å². The van der Waals surface area contributed by atoms with Gasteiger partial charge in [-0.1, -0.05) is 26.8 Å². The number of ether oxygens (including phenoxy) is 1. The van der Waals surface area contributed by atoms with Crippen LogP contribution < -0.4 is 10.5 Å². The maximum Gasteiger partial charge on any atom is 0.201 e. The molecule has 1 unspecified atom stereocenters. The fourth-order valence-electron chi connectivity index (χ4n) is 1.99. The van der Waals surface area contributed by atoms with Crippen LogP contribution in [0, 0.1) is 11.8 Å². The highest BCUT2D eigenvalue weighted by Crippen LogP contribution is 2.28. The first-order valence-electron chi connectivity index (χ1n) is 6.33. The first-order valence-corrected chi connectivity index (χ1v) is 6.33. The molecule has 0 spiro atoms. The second-order valence-electron chi connectivity index (χ2n) is 5.13. The molecule has 0 saturated heterocycles. The van der Waals surface area contributed by atoms with Gasteiger partial charge in [0, 0.05) is 6.54 Å². The first kappa shape index (κ1) is 12.7. The van der Waals surface area contributed by atoms with Gasteiger partial charge >= 0.3 is 0 Å². The van der Waals surface area contributed by atoms with Crippen molar-refractivity contribution >= 4 is 17.0 Å². The Balaban J connectivity index is 2.48. The van der Waals surface area contributed by atoms with E-state index < -0.39 is 0 Å². The van der Waals surface area contributed by atoms with Crippen LogP contribution in [0.3, 0.4) is 0 Å². The van der Waals surface area contributed by atoms with Crippen LogP contribution in [0.5, 0.6) is 5.75 Å². The summed E-state index contributed by atoms with van der Waals surface area (Å²) in [6, 6.07) is 5.91. The third-order valence-corrected chi connectivity index (χ3v) is 3.60. The molecule has 1 atom stereocenters. The molecule has 2 aromatic rings. The fourth-order valence-corrected chi connectivity index (χ4v) is 1.99. The highest BCUT2D eigenvalue weighted by molar-refractivity contribution is 5.84. The molecule has 1 aromatic heterocycles. The Morgan fingerprint density at radius 2 is 2.06 bits per heavy atom. The number of nitrogen functional groups attached to an aromatic ring is 1. The van der Waals surface area contributed by atoms with Crippen molar-refractivity contribution in [3.63, 3.8) is 0 Å². The number of nitrogens with zero attached hydrogens (tertiary/aromatic N) is 2. The summed E-state index contributed by atoms with van der Waals surface area (Å²) in [7, 11) is 1.65. The number of hydrogen-bond acceptors (Lipinski definition) is 3. The topological polar surface area (TPSA) is 53.1 Å². The summed E-state index contributed by atoms with van der Waals surface area (Å²) in [5, 5.41) is 0. The number of nitrogens with two attached hydrogens (primary N) is 1. The Morgan fingerprint density at radius 1 is 1.33 bits per heavy atom. The monoisotopic (exact) mass is 247 g/mol. The summed E-state index contributed by atoms with van der Waals surface area (Å²) in [5.74, 6) is 2.50. The van der Waals surface area contributed by atoms with Gasteiger partial charge in [-0.2, -0.15) is 0 Å². The molecule has 4 heteroatoms. The van der Waals surface area contributed by atoms with Crippen LogP contribution in [0.15, 0.2) is 18.2 Å². The maximum atomic E-state index is 6.02. The van der Waals surface area contributed by atoms with Gasteiger partial charge in [-0.05, 0) is 24.0 Å². The minimum absolute atomic E-state index is 0.552. The molecule has 0 bridgehead atoms. The Morgan fingerprint density at radius 3 is 2.67 bits per heavy atom. The third-order valence-electron chi connectivity index (χ3n) is 3.60. The third kappa shape index (κ3) is 2.15. The second kappa shape index (κ2) is 4.88. The van der Waals surface area contributed by atoms with Crippen molar-refractivity contribution in [3.05, 3.63) is 18.2 Å². The number of imidazole rings is 1. The molecule has 0 radical (unpaired) electrons. The number of fused-ring (bicyclic) bond motifs is 1. The minimum Gasteiger partial charge on any atom is -0.494 e. The van der Waals surface area contributed by atoms with Crippen LogP contribution in [0.1, 0.15) is 20.8 Å². The van der Waals surface area contributed by atoms with E-state index >= 15 is 0 Å². The Bertz CT molecular complexity index is 545. The van der Waals surface area contributed by atoms with Crippen molar-refractivity contribution in [2.24, 2.45) is 11.8 Å². The SMILES string of the molecule is COc1cccc2c1nc(N)n2CC(C)C(C)C. The van der Waals surface area contributed by atoms with Crippen LogP contribution in [0.2, 0.25) is 0 Å². The number of aromatic nitrogens is 2. The lowest BCUT2D eigenvalue weighted by molar-refractivity contribution is 0.371. The number of rotatable bonds is 4. The summed E-state index contributed by atoms with van der Waals surface area (Å²) < 4.78 is 7.39. The highest BCUT2D eigenvalue weighted by Gasteiger charge is 2.15. The largest absolute Gasteiger partial charge is 0.494 e. The van der Waals surface area contributed by atoms with Crippen molar-refractivity contribution in [2.45, 2.75) is 27.3 Å². The predicted octanol–water partition coefficient (Wildman–Crippen LogP) is 2.92. The Labute approximate surface area is 108 Å². The first-order chi connectivity index (χ1) is 8.54. The summed E-state index contributed by atoms with van der Waals surface area (Å²) in [4.78, 5) is 4.41. The Hall–Kier alpha value is -1.71. The number of para-hydroxylation sites is 1. The molecule has 98 valence electrons. The zero-order chi connectivity index (χ0) is 13.3. The Kier molecular flexibility index (Phi) is 3.45. The van der Waals surface area contributed by atoms with Gasteiger partial charge in [0.25, 0.3) is 0 Å². The molecule has 0 aliphatic heterocycles. The van der Waals surface area contributed by atoms with Gasteiger partial charge in [-0.15, -0.1) is 0 Å². The standard InChI is InChI=1S/C14H21N3O/c1-9(2)10(3)8-17-11-6-5-7-12(18-4)13(11)16-14(17)15/h5-7,9-10H,8H2,1-4H3,(H2,15,16). The smallest absolute Gasteiger partial charge is 0.201 e. The van der Waals surface area contributed by atoms with E-state index in [0.717, 1.165) is 23.3 Å². The average Bonchev–Trinajstić information content (AvgIpc) is 2.65. The molecule has 1 heterocycles. The van der Waals surface area contributed by atoms with Crippen LogP contribution in [0.25, 0.3) is 11.0 Å². The zero-order valence-electron chi connectivity index (χ0n) is 11.5. The van der Waals surface area contributed by atoms with E-state index in [1.165, 1.54) is 0 Å². The van der Waals surface area contributed by atoms with Crippen LogP contribution >= 0.6 is 0 Å². The van der Waals surface area contributed by atoms with E-state index in [1.807, 2.05) is 18.2 Å². The van der Waals surface area contributed by atoms with Crippen LogP contribution in [-0.2, 0) is 6.54 Å². The van der Waals surface area contributed by atoms with Crippen LogP contribution in [0.4, 0.5) is 5.95 Å². The molecule has 0 amide bonds. The maximum absolute atomic E-state index is 6.02. The van der Waals surface area contributed by atoms with Gasteiger partial charge in [-0.3, -0.25) is 0 Å². The molecule has 0 fully saturated rings. The van der Waals surface area contributed by atoms with E-state index in [-0.39, 0.29) is 0 Å². The van der Waals surface area contributed by atoms with Gasteiger partial charge in [0.1, 0.15) is 11.3 Å². The summed E-state index contributed by atoms with van der Waals surface area (Å²) >= 11 is 0. The zero-order valence-corrected chi connectivity index (χ0v) is 11.5. The second-order valence-corrected chi connectivity index (χ2v) is 5.13. The number of methoxy groups -OCH3 is 1. The van der Waals surface area contributed by atoms with E-state index in [4.69, 9.17) is 10.5 Å². The van der Waals surface area contributed by atoms with Crippen molar-refractivity contribution in [2.75, 3.05) is 12.8 Å². The van der Waals surface area contributed by atoms with Gasteiger partial charge < -0.3 is 15.0 Å². The lowest BCUT2D eigenvalue weighted by Gasteiger charge is -2.17. The molecule has 0 saturated carbocycles. The van der Waals surface area contributed by atoms with Gasteiger partial charge in [0.2, 0.25) is 5.95 Å². The summed E-state index contributed by atoms with van der Waals surface area (Å²) in [6.45, 7) is 7.56. The minimum atomic E-state index is 0.552. The number of anilines is 1. The van der Waals surface area contributed by atoms with Crippen molar-refractivity contribution in [1.29, 1.82) is 0 Å². The van der Waals surface area contributed by atoms with Gasteiger partial charge in [0.05, 0.1) is 12.6 Å². The highest BCUT2D eigenvalue weighted by atomic mass is 16.5. The predicted molar refractivity (Wildman–Crippen MR) is 74.7 cm³/mol. The van der Waals surface area contributed by atoms with E-state index in [2.05, 4.69) is 30.3 Å². The summed E-state index contributed by atoms with van der Waals surface area (Å²) in [6.07, 6.45) is 0. The molecule has 2 rings (SSSR count). The molecule has 0 aliphatic rings. The lowest BCUT2D eigenvalue weighted by atomic mass is 9.98. The quantitative estimate of drug-likeness (QED) is 0.903. The molecule has 4 nitrogen and oxygen atoms in total. The normalized spacial score (nSPS) is 13.2. The molecular weight excluding hydrogens is 226 g/mol. The van der Waals surface area contributed by atoms with Crippen LogP contribution in [-0.4, -0.2) is 16.7 Å². The molecule has 0 aliphatic carbocycles. The molecule has 2 N–H and O–H groups in total. The fraction of sp³-hybridized carbons (Fsp3) is 0.500. The summed E-state index contributed by atoms with van der Waals surface area (Å²) in [5.41, 5.74) is 7.90. The molecule has 18 heavy (non-hydrogen) atoms. The molecule has 1 aromatic carbocycles. The van der Waals surface area contributed by atoms with Crippen molar-refractivity contribution in [1.82, 2.24) is 9.55 Å². The van der Waals surface area contributed by atoms with Gasteiger partial charge in [-0.25, -0.2) is 4.98 Å². The molecular formula is C14H21N3O. The lowest BCUT2D eigenvalue weighted by Crippen LogP contribution is -2.14. The number of benzene rings is 1. The van der Waals surface area contributed by atoms with Crippen molar-refractivity contribution in [3.8, 4) is 5.75 Å².